The minimum Gasteiger partial charge on any atom is -0.400 e. The van der Waals surface area contributed by atoms with Crippen molar-refractivity contribution < 1.29 is 19.4 Å². The molecule has 4 heteroatoms. The van der Waals surface area contributed by atoms with Gasteiger partial charge in [-0.25, -0.2) is 0 Å². The Morgan fingerprint density at radius 3 is 1.80 bits per heavy atom. The number of cyclic esters (lactones) is 2. The standard InChI is InChI=1S/C5H6O3.CH4O/c6-4-2-1-3-5(7)8-4;1-2/h1-3H2;2H,1H3. The molecule has 0 radical (unpaired) electrons. The van der Waals surface area contributed by atoms with E-state index in [0.717, 1.165) is 7.11 Å². The number of rotatable bonds is 0. The van der Waals surface area contributed by atoms with Crippen molar-refractivity contribution in [3.8, 4) is 0 Å². The van der Waals surface area contributed by atoms with Crippen LogP contribution in [-0.2, 0) is 14.3 Å². The lowest BCUT2D eigenvalue weighted by Crippen LogP contribution is -2.17. The number of hydrogen-bond acceptors (Lipinski definition) is 4. The number of hydrogen-bond donors (Lipinski definition) is 1. The maximum Gasteiger partial charge on any atom is 0.313 e. The van der Waals surface area contributed by atoms with Gasteiger partial charge in [-0.3, -0.25) is 9.59 Å². The average molecular weight is 146 g/mol. The molecule has 1 aliphatic rings. The molecule has 10 heavy (non-hydrogen) atoms. The van der Waals surface area contributed by atoms with Gasteiger partial charge in [-0.1, -0.05) is 0 Å². The van der Waals surface area contributed by atoms with Crippen LogP contribution in [0.2, 0.25) is 0 Å². The van der Waals surface area contributed by atoms with Gasteiger partial charge < -0.3 is 9.84 Å². The highest BCUT2D eigenvalue weighted by molar-refractivity contribution is 5.87. The van der Waals surface area contributed by atoms with E-state index < -0.39 is 0 Å². The highest BCUT2D eigenvalue weighted by Gasteiger charge is 2.15. The van der Waals surface area contributed by atoms with Crippen LogP contribution in [0.5, 0.6) is 0 Å². The normalized spacial score (nSPS) is 17.0. The van der Waals surface area contributed by atoms with Gasteiger partial charge in [-0.05, 0) is 6.42 Å². The second-order valence-corrected chi connectivity index (χ2v) is 1.70. The van der Waals surface area contributed by atoms with Gasteiger partial charge in [-0.2, -0.15) is 0 Å². The quantitative estimate of drug-likeness (QED) is 0.381. The van der Waals surface area contributed by atoms with E-state index in [1.807, 2.05) is 0 Å². The highest BCUT2D eigenvalue weighted by atomic mass is 16.6. The summed E-state index contributed by atoms with van der Waals surface area (Å²) in [6.07, 6.45) is 1.44. The van der Waals surface area contributed by atoms with Gasteiger partial charge in [0.05, 0.1) is 0 Å². The summed E-state index contributed by atoms with van der Waals surface area (Å²) in [5, 5.41) is 7.00. The molecular weight excluding hydrogens is 136 g/mol. The molecule has 1 saturated heterocycles. The van der Waals surface area contributed by atoms with Crippen molar-refractivity contribution in [2.75, 3.05) is 7.11 Å². The number of ether oxygens (including phenoxy) is 1. The third-order valence-corrected chi connectivity index (χ3v) is 0.989. The van der Waals surface area contributed by atoms with E-state index in [-0.39, 0.29) is 11.9 Å². The van der Waals surface area contributed by atoms with Crippen molar-refractivity contribution in [2.24, 2.45) is 0 Å². The molecule has 0 spiro atoms. The average Bonchev–Trinajstić information content (AvgIpc) is 1.91. The van der Waals surface area contributed by atoms with Gasteiger partial charge in [0.1, 0.15) is 0 Å². The SMILES string of the molecule is CO.O=C1CCCC(=O)O1. The molecule has 58 valence electrons. The summed E-state index contributed by atoms with van der Waals surface area (Å²) >= 11 is 0. The fraction of sp³-hybridized carbons (Fsp3) is 0.667. The zero-order chi connectivity index (χ0) is 7.98. The Bertz CT molecular complexity index is 116. The van der Waals surface area contributed by atoms with Crippen LogP contribution >= 0.6 is 0 Å². The zero-order valence-electron chi connectivity index (χ0n) is 5.79. The number of aliphatic hydroxyl groups excluding tert-OH is 1. The molecule has 4 nitrogen and oxygen atoms in total. The van der Waals surface area contributed by atoms with E-state index in [1.54, 1.807) is 0 Å². The van der Waals surface area contributed by atoms with E-state index in [0.29, 0.717) is 19.3 Å². The van der Waals surface area contributed by atoms with Crippen molar-refractivity contribution >= 4 is 11.9 Å². The summed E-state index contributed by atoms with van der Waals surface area (Å²) in [6.45, 7) is 0. The molecule has 0 saturated carbocycles. The Morgan fingerprint density at radius 2 is 1.60 bits per heavy atom. The number of carbonyl (C=O) groups is 2. The molecule has 0 amide bonds. The molecule has 1 N–H and O–H groups in total. The van der Waals surface area contributed by atoms with Gasteiger partial charge in [-0.15, -0.1) is 0 Å². The van der Waals surface area contributed by atoms with Crippen molar-refractivity contribution in [3.05, 3.63) is 0 Å². The molecule has 1 aliphatic heterocycles. The van der Waals surface area contributed by atoms with Gasteiger partial charge in [0.25, 0.3) is 0 Å². The van der Waals surface area contributed by atoms with Crippen LogP contribution in [0.4, 0.5) is 0 Å². The molecule has 0 aromatic carbocycles. The Morgan fingerprint density at radius 1 is 1.20 bits per heavy atom. The lowest BCUT2D eigenvalue weighted by molar-refractivity contribution is -0.163. The molecule has 0 unspecified atom stereocenters. The minimum absolute atomic E-state index is 0.388. The topological polar surface area (TPSA) is 63.6 Å². The molecule has 0 aromatic heterocycles. The van der Waals surface area contributed by atoms with Crippen molar-refractivity contribution in [3.63, 3.8) is 0 Å². The first kappa shape index (κ1) is 9.10. The van der Waals surface area contributed by atoms with E-state index in [1.165, 1.54) is 0 Å². The van der Waals surface area contributed by atoms with E-state index >= 15 is 0 Å². The first-order chi connectivity index (χ1) is 4.79. The maximum absolute atomic E-state index is 10.2. The summed E-state index contributed by atoms with van der Waals surface area (Å²) in [5.41, 5.74) is 0. The summed E-state index contributed by atoms with van der Waals surface area (Å²) in [4.78, 5) is 20.5. The third kappa shape index (κ3) is 3.19. The molecule has 0 atom stereocenters. The van der Waals surface area contributed by atoms with Crippen LogP contribution in [0.25, 0.3) is 0 Å². The predicted molar refractivity (Wildman–Crippen MR) is 33.1 cm³/mol. The largest absolute Gasteiger partial charge is 0.400 e. The van der Waals surface area contributed by atoms with Crippen LogP contribution in [0.15, 0.2) is 0 Å². The third-order valence-electron chi connectivity index (χ3n) is 0.989. The van der Waals surface area contributed by atoms with Gasteiger partial charge in [0.2, 0.25) is 0 Å². The minimum atomic E-state index is -0.388. The summed E-state index contributed by atoms with van der Waals surface area (Å²) < 4.78 is 4.21. The first-order valence-corrected chi connectivity index (χ1v) is 2.97. The van der Waals surface area contributed by atoms with Crippen LogP contribution in [0.3, 0.4) is 0 Å². The summed E-state index contributed by atoms with van der Waals surface area (Å²) in [6, 6.07) is 0. The maximum atomic E-state index is 10.2. The lowest BCUT2D eigenvalue weighted by Gasteiger charge is -2.06. The molecule has 1 rings (SSSR count). The molecule has 1 heterocycles. The van der Waals surface area contributed by atoms with Crippen molar-refractivity contribution in [2.45, 2.75) is 19.3 Å². The monoisotopic (exact) mass is 146 g/mol. The smallest absolute Gasteiger partial charge is 0.313 e. The number of carbonyl (C=O) groups excluding carboxylic acids is 2. The summed E-state index contributed by atoms with van der Waals surface area (Å²) in [5.74, 6) is -0.775. The second-order valence-electron chi connectivity index (χ2n) is 1.70. The van der Waals surface area contributed by atoms with Gasteiger partial charge >= 0.3 is 11.9 Å². The molecule has 1 fully saturated rings. The summed E-state index contributed by atoms with van der Waals surface area (Å²) in [7, 11) is 1.00. The molecule has 0 aromatic rings. The number of esters is 2. The lowest BCUT2D eigenvalue weighted by atomic mass is 10.2. The van der Waals surface area contributed by atoms with Crippen LogP contribution in [0.1, 0.15) is 19.3 Å². The Kier molecular flexibility index (Phi) is 4.49. The predicted octanol–water partition coefficient (Wildman–Crippen LogP) is -0.151. The van der Waals surface area contributed by atoms with Crippen LogP contribution in [-0.4, -0.2) is 24.2 Å². The number of aliphatic hydroxyl groups is 1. The van der Waals surface area contributed by atoms with Gasteiger partial charge in [0.15, 0.2) is 0 Å². The molecule has 0 bridgehead atoms. The Balaban J connectivity index is 0.000000371. The highest BCUT2D eigenvalue weighted by Crippen LogP contribution is 2.06. The van der Waals surface area contributed by atoms with E-state index in [2.05, 4.69) is 4.74 Å². The van der Waals surface area contributed by atoms with Crippen LogP contribution < -0.4 is 0 Å². The fourth-order valence-corrected chi connectivity index (χ4v) is 0.606. The van der Waals surface area contributed by atoms with Crippen molar-refractivity contribution in [1.29, 1.82) is 0 Å². The van der Waals surface area contributed by atoms with Crippen molar-refractivity contribution in [1.82, 2.24) is 0 Å². The van der Waals surface area contributed by atoms with E-state index in [4.69, 9.17) is 5.11 Å². The molecular formula is C6H10O4. The van der Waals surface area contributed by atoms with Gasteiger partial charge in [0, 0.05) is 20.0 Å². The Hall–Kier alpha value is -0.900. The first-order valence-electron chi connectivity index (χ1n) is 2.97. The second kappa shape index (κ2) is 4.93. The molecule has 0 aliphatic carbocycles. The zero-order valence-corrected chi connectivity index (χ0v) is 5.79. The van der Waals surface area contributed by atoms with Crippen LogP contribution in [0, 0.1) is 0 Å². The van der Waals surface area contributed by atoms with E-state index in [9.17, 15) is 9.59 Å². The fourth-order valence-electron chi connectivity index (χ4n) is 0.606. The Labute approximate surface area is 58.8 Å².